The standard InChI is InChI=1S/C13H12N4OS/c1-8-10(9-4-2-3-5-11(9)15-8)6-12(18)16-13-17-14-7-19-13/h2-5,7,15H,6H2,1H3,(H,16,17,18). The van der Waals surface area contributed by atoms with E-state index in [1.54, 1.807) is 5.51 Å². The Kier molecular flexibility index (Phi) is 3.00. The minimum absolute atomic E-state index is 0.0791. The maximum absolute atomic E-state index is 12.0. The smallest absolute Gasteiger partial charge is 0.230 e. The molecule has 5 nitrogen and oxygen atoms in total. The summed E-state index contributed by atoms with van der Waals surface area (Å²) in [6.07, 6.45) is 0.329. The van der Waals surface area contributed by atoms with Gasteiger partial charge in [0.15, 0.2) is 0 Å². The van der Waals surface area contributed by atoms with Crippen LogP contribution in [0.4, 0.5) is 5.13 Å². The van der Waals surface area contributed by atoms with Crippen molar-refractivity contribution in [3.05, 3.63) is 41.0 Å². The number of amides is 1. The molecule has 0 fully saturated rings. The number of nitrogens with one attached hydrogen (secondary N) is 2. The lowest BCUT2D eigenvalue weighted by molar-refractivity contribution is -0.115. The zero-order valence-corrected chi connectivity index (χ0v) is 11.1. The molecule has 0 aliphatic carbocycles. The molecule has 2 heterocycles. The van der Waals surface area contributed by atoms with Crippen LogP contribution in [0.2, 0.25) is 0 Å². The molecule has 2 aromatic heterocycles. The molecule has 0 aliphatic rings. The Hall–Kier alpha value is -2.21. The molecule has 0 aliphatic heterocycles. The summed E-state index contributed by atoms with van der Waals surface area (Å²) in [6.45, 7) is 1.98. The Labute approximate surface area is 113 Å². The predicted octanol–water partition coefficient (Wildman–Crippen LogP) is 2.51. The first-order chi connectivity index (χ1) is 9.24. The van der Waals surface area contributed by atoms with Crippen molar-refractivity contribution >= 4 is 33.3 Å². The summed E-state index contributed by atoms with van der Waals surface area (Å²) in [5.41, 5.74) is 4.69. The normalized spacial score (nSPS) is 10.8. The van der Waals surface area contributed by atoms with E-state index in [-0.39, 0.29) is 5.91 Å². The number of carbonyl (C=O) groups is 1. The lowest BCUT2D eigenvalue weighted by atomic mass is 10.1. The Morgan fingerprint density at radius 1 is 1.42 bits per heavy atom. The molecule has 0 spiro atoms. The van der Waals surface area contributed by atoms with Crippen LogP contribution in [0.15, 0.2) is 29.8 Å². The fourth-order valence-corrected chi connectivity index (χ4v) is 2.58. The van der Waals surface area contributed by atoms with Crippen LogP contribution in [0.5, 0.6) is 0 Å². The lowest BCUT2D eigenvalue weighted by Crippen LogP contribution is -2.14. The molecule has 0 saturated carbocycles. The van der Waals surface area contributed by atoms with Crippen molar-refractivity contribution in [3.63, 3.8) is 0 Å². The van der Waals surface area contributed by atoms with Crippen LogP contribution in [0.1, 0.15) is 11.3 Å². The number of rotatable bonds is 3. The maximum Gasteiger partial charge on any atom is 0.230 e. The maximum atomic E-state index is 12.0. The number of aromatic nitrogens is 3. The van der Waals surface area contributed by atoms with E-state index in [9.17, 15) is 4.79 Å². The third-order valence-electron chi connectivity index (χ3n) is 2.97. The van der Waals surface area contributed by atoms with Crippen molar-refractivity contribution in [1.82, 2.24) is 15.2 Å². The molecule has 0 atom stereocenters. The Bertz CT molecular complexity index is 717. The highest BCUT2D eigenvalue weighted by molar-refractivity contribution is 7.13. The van der Waals surface area contributed by atoms with Crippen molar-refractivity contribution in [2.24, 2.45) is 0 Å². The zero-order chi connectivity index (χ0) is 13.2. The van der Waals surface area contributed by atoms with Gasteiger partial charge in [0.1, 0.15) is 5.51 Å². The molecule has 96 valence electrons. The summed E-state index contributed by atoms with van der Waals surface area (Å²) >= 11 is 1.31. The Balaban J connectivity index is 1.85. The molecule has 2 N–H and O–H groups in total. The summed E-state index contributed by atoms with van der Waals surface area (Å²) in [7, 11) is 0. The van der Waals surface area contributed by atoms with Crippen molar-refractivity contribution in [1.29, 1.82) is 0 Å². The van der Waals surface area contributed by atoms with Crippen molar-refractivity contribution in [3.8, 4) is 0 Å². The molecule has 0 radical (unpaired) electrons. The number of benzene rings is 1. The van der Waals surface area contributed by atoms with Crippen molar-refractivity contribution < 1.29 is 4.79 Å². The third kappa shape index (κ3) is 2.34. The van der Waals surface area contributed by atoms with Crippen molar-refractivity contribution in [2.75, 3.05) is 5.32 Å². The first-order valence-electron chi connectivity index (χ1n) is 5.86. The van der Waals surface area contributed by atoms with Crippen LogP contribution < -0.4 is 5.32 Å². The summed E-state index contributed by atoms with van der Waals surface area (Å²) in [4.78, 5) is 15.3. The Morgan fingerprint density at radius 3 is 3.05 bits per heavy atom. The van der Waals surface area contributed by atoms with Gasteiger partial charge in [-0.2, -0.15) is 0 Å². The van der Waals surface area contributed by atoms with Crippen LogP contribution >= 0.6 is 11.3 Å². The van der Waals surface area contributed by atoms with Crippen LogP contribution in [0, 0.1) is 6.92 Å². The fraction of sp³-hybridized carbons (Fsp3) is 0.154. The number of hydrogen-bond acceptors (Lipinski definition) is 4. The topological polar surface area (TPSA) is 70.7 Å². The van der Waals surface area contributed by atoms with E-state index >= 15 is 0 Å². The van der Waals surface area contributed by atoms with Gasteiger partial charge in [-0.3, -0.25) is 4.79 Å². The van der Waals surface area contributed by atoms with E-state index in [2.05, 4.69) is 20.5 Å². The van der Waals surface area contributed by atoms with Crippen LogP contribution in [0.3, 0.4) is 0 Å². The van der Waals surface area contributed by atoms with Gasteiger partial charge in [0.2, 0.25) is 11.0 Å². The van der Waals surface area contributed by atoms with E-state index < -0.39 is 0 Å². The highest BCUT2D eigenvalue weighted by Crippen LogP contribution is 2.22. The number of nitrogens with zero attached hydrogens (tertiary/aromatic N) is 2. The molecule has 0 bridgehead atoms. The molecular weight excluding hydrogens is 260 g/mol. The number of hydrogen-bond donors (Lipinski definition) is 2. The largest absolute Gasteiger partial charge is 0.358 e. The zero-order valence-electron chi connectivity index (χ0n) is 10.3. The van der Waals surface area contributed by atoms with Gasteiger partial charge in [-0.05, 0) is 18.6 Å². The molecule has 6 heteroatoms. The van der Waals surface area contributed by atoms with Gasteiger partial charge < -0.3 is 10.3 Å². The SMILES string of the molecule is Cc1[nH]c2ccccc2c1CC(=O)Nc1nncs1. The van der Waals surface area contributed by atoms with Gasteiger partial charge in [0, 0.05) is 16.6 Å². The molecule has 1 aromatic carbocycles. The first-order valence-corrected chi connectivity index (χ1v) is 6.74. The molecule has 0 saturated heterocycles. The van der Waals surface area contributed by atoms with Crippen LogP contribution in [-0.4, -0.2) is 21.1 Å². The van der Waals surface area contributed by atoms with Gasteiger partial charge in [-0.15, -0.1) is 10.2 Å². The fourth-order valence-electron chi connectivity index (χ4n) is 2.11. The molecule has 3 aromatic rings. The monoisotopic (exact) mass is 272 g/mol. The highest BCUT2D eigenvalue weighted by Gasteiger charge is 2.13. The van der Waals surface area contributed by atoms with E-state index in [0.717, 1.165) is 22.2 Å². The van der Waals surface area contributed by atoms with Gasteiger partial charge in [0.05, 0.1) is 6.42 Å². The minimum Gasteiger partial charge on any atom is -0.358 e. The first kappa shape index (κ1) is 11.9. The van der Waals surface area contributed by atoms with Gasteiger partial charge >= 0.3 is 0 Å². The number of H-pyrrole nitrogens is 1. The van der Waals surface area contributed by atoms with Crippen molar-refractivity contribution in [2.45, 2.75) is 13.3 Å². The molecule has 0 unspecified atom stereocenters. The van der Waals surface area contributed by atoms with E-state index in [0.29, 0.717) is 11.6 Å². The highest BCUT2D eigenvalue weighted by atomic mass is 32.1. The predicted molar refractivity (Wildman–Crippen MR) is 75.3 cm³/mol. The number of aryl methyl sites for hydroxylation is 1. The number of carbonyl (C=O) groups excluding carboxylic acids is 1. The second kappa shape index (κ2) is 4.81. The molecule has 3 rings (SSSR count). The number of para-hydroxylation sites is 1. The minimum atomic E-state index is -0.0791. The van der Waals surface area contributed by atoms with E-state index in [1.165, 1.54) is 11.3 Å². The van der Waals surface area contributed by atoms with Gasteiger partial charge in [-0.25, -0.2) is 0 Å². The van der Waals surface area contributed by atoms with Gasteiger partial charge in [0.25, 0.3) is 0 Å². The van der Waals surface area contributed by atoms with Crippen LogP contribution in [-0.2, 0) is 11.2 Å². The number of aromatic amines is 1. The average Bonchev–Trinajstić information content (AvgIpc) is 2.99. The Morgan fingerprint density at radius 2 is 2.26 bits per heavy atom. The summed E-state index contributed by atoms with van der Waals surface area (Å²) < 4.78 is 0. The molecule has 1 amide bonds. The average molecular weight is 272 g/mol. The molecule has 19 heavy (non-hydrogen) atoms. The quantitative estimate of drug-likeness (QED) is 0.769. The van der Waals surface area contributed by atoms with Gasteiger partial charge in [-0.1, -0.05) is 29.5 Å². The number of anilines is 1. The second-order valence-corrected chi connectivity index (χ2v) is 5.08. The second-order valence-electron chi connectivity index (χ2n) is 4.24. The number of fused-ring (bicyclic) bond motifs is 1. The summed E-state index contributed by atoms with van der Waals surface area (Å²) in [5.74, 6) is -0.0791. The van der Waals surface area contributed by atoms with Crippen LogP contribution in [0.25, 0.3) is 10.9 Å². The summed E-state index contributed by atoms with van der Waals surface area (Å²) in [6, 6.07) is 7.98. The summed E-state index contributed by atoms with van der Waals surface area (Å²) in [5, 5.41) is 11.9. The van der Waals surface area contributed by atoms with E-state index in [1.807, 2.05) is 31.2 Å². The third-order valence-corrected chi connectivity index (χ3v) is 3.58. The lowest BCUT2D eigenvalue weighted by Gasteiger charge is -2.01. The van der Waals surface area contributed by atoms with E-state index in [4.69, 9.17) is 0 Å². The molecular formula is C13H12N4OS.